The van der Waals surface area contributed by atoms with E-state index >= 15 is 0 Å². The average molecular weight is 279 g/mol. The first-order valence-electron chi connectivity index (χ1n) is 6.38. The molecule has 0 radical (unpaired) electrons. The Morgan fingerprint density at radius 3 is 3.05 bits per heavy atom. The number of rotatable bonds is 6. The van der Waals surface area contributed by atoms with Gasteiger partial charge in [0.1, 0.15) is 0 Å². The van der Waals surface area contributed by atoms with Crippen molar-refractivity contribution < 1.29 is 4.79 Å². The van der Waals surface area contributed by atoms with Gasteiger partial charge in [-0.1, -0.05) is 18.8 Å². The number of nitrogens with one attached hydrogen (secondary N) is 1. The Kier molecular flexibility index (Phi) is 7.19. The van der Waals surface area contributed by atoms with Crippen LogP contribution in [-0.2, 0) is 11.3 Å². The van der Waals surface area contributed by atoms with Crippen molar-refractivity contribution >= 4 is 17.2 Å². The molecule has 0 aliphatic heterocycles. The molecule has 0 bridgehead atoms. The van der Waals surface area contributed by atoms with Gasteiger partial charge in [-0.3, -0.25) is 9.69 Å². The van der Waals surface area contributed by atoms with Gasteiger partial charge in [-0.2, -0.15) is 0 Å². The highest BCUT2D eigenvalue weighted by Crippen LogP contribution is 2.17. The number of nitrogens with zero attached hydrogens (tertiary/aromatic N) is 1. The molecule has 0 saturated carbocycles. The van der Waals surface area contributed by atoms with E-state index in [1.54, 1.807) is 11.3 Å². The molecule has 4 nitrogen and oxygen atoms in total. The van der Waals surface area contributed by atoms with Crippen LogP contribution < -0.4 is 11.1 Å². The summed E-state index contributed by atoms with van der Waals surface area (Å²) < 4.78 is 0. The number of hydrogen-bond donors (Lipinski definition) is 2. The van der Waals surface area contributed by atoms with Crippen LogP contribution in [0.5, 0.6) is 0 Å². The van der Waals surface area contributed by atoms with Crippen LogP contribution in [0.4, 0.5) is 0 Å². The molecule has 0 spiro atoms. The van der Waals surface area contributed by atoms with Crippen molar-refractivity contribution in [3.05, 3.63) is 21.9 Å². The number of thiophene rings is 1. The van der Waals surface area contributed by atoms with E-state index in [9.17, 15) is 4.79 Å². The topological polar surface area (TPSA) is 58.4 Å². The van der Waals surface area contributed by atoms with Crippen molar-refractivity contribution in [2.75, 3.05) is 26.7 Å². The van der Waals surface area contributed by atoms with Gasteiger partial charge in [0.05, 0.1) is 13.1 Å². The molecule has 0 atom stereocenters. The van der Waals surface area contributed by atoms with Gasteiger partial charge in [0.15, 0.2) is 0 Å². The van der Waals surface area contributed by atoms with Gasteiger partial charge in [0, 0.05) is 23.5 Å². The molecule has 0 fully saturated rings. The quantitative estimate of drug-likeness (QED) is 0.764. The van der Waals surface area contributed by atoms with Gasteiger partial charge in [-0.05, 0) is 24.9 Å². The van der Waals surface area contributed by atoms with E-state index in [2.05, 4.69) is 17.2 Å². The van der Waals surface area contributed by atoms with Crippen LogP contribution in [0.25, 0.3) is 0 Å². The fraction of sp³-hybridized carbons (Fsp3) is 0.500. The summed E-state index contributed by atoms with van der Waals surface area (Å²) in [6.45, 7) is 4.27. The third-order valence-electron chi connectivity index (χ3n) is 2.47. The minimum Gasteiger partial charge on any atom is -0.355 e. The summed E-state index contributed by atoms with van der Waals surface area (Å²) in [4.78, 5) is 14.8. The van der Waals surface area contributed by atoms with E-state index < -0.39 is 0 Å². The van der Waals surface area contributed by atoms with Crippen molar-refractivity contribution in [1.29, 1.82) is 0 Å². The predicted molar refractivity (Wildman–Crippen MR) is 79.9 cm³/mol. The smallest absolute Gasteiger partial charge is 0.234 e. The summed E-state index contributed by atoms with van der Waals surface area (Å²) in [6.07, 6.45) is 0.958. The maximum atomic E-state index is 11.6. The van der Waals surface area contributed by atoms with Crippen molar-refractivity contribution in [2.24, 2.45) is 5.73 Å². The van der Waals surface area contributed by atoms with E-state index in [1.807, 2.05) is 30.3 Å². The molecule has 1 rings (SSSR count). The lowest BCUT2D eigenvalue weighted by Crippen LogP contribution is -2.35. The first-order valence-corrected chi connectivity index (χ1v) is 7.25. The number of carbonyl (C=O) groups excluding carboxylic acids is 1. The first-order chi connectivity index (χ1) is 9.17. The van der Waals surface area contributed by atoms with Crippen LogP contribution in [0, 0.1) is 11.8 Å². The maximum absolute atomic E-state index is 11.6. The van der Waals surface area contributed by atoms with Crippen LogP contribution in [0.1, 0.15) is 23.8 Å². The lowest BCUT2D eigenvalue weighted by atomic mass is 10.2. The van der Waals surface area contributed by atoms with Gasteiger partial charge < -0.3 is 11.1 Å². The van der Waals surface area contributed by atoms with E-state index in [4.69, 9.17) is 5.73 Å². The summed E-state index contributed by atoms with van der Waals surface area (Å²) in [6, 6.07) is 1.99. The van der Waals surface area contributed by atoms with E-state index in [1.165, 1.54) is 4.88 Å². The molecule has 1 aromatic heterocycles. The highest BCUT2D eigenvalue weighted by molar-refractivity contribution is 7.10. The van der Waals surface area contributed by atoms with Crippen LogP contribution in [0.2, 0.25) is 0 Å². The molecule has 5 heteroatoms. The lowest BCUT2D eigenvalue weighted by Gasteiger charge is -2.15. The number of carbonyl (C=O) groups is 1. The van der Waals surface area contributed by atoms with Crippen molar-refractivity contribution in [1.82, 2.24) is 10.2 Å². The first kappa shape index (κ1) is 15.7. The van der Waals surface area contributed by atoms with E-state index in [0.717, 1.165) is 25.1 Å². The molecule has 104 valence electrons. The summed E-state index contributed by atoms with van der Waals surface area (Å²) in [5.41, 5.74) is 6.39. The number of amides is 1. The molecule has 3 N–H and O–H groups in total. The van der Waals surface area contributed by atoms with Crippen LogP contribution in [0.3, 0.4) is 0 Å². The summed E-state index contributed by atoms with van der Waals surface area (Å²) in [5.74, 6) is 5.98. The summed E-state index contributed by atoms with van der Waals surface area (Å²) in [7, 11) is 1.94. The third-order valence-corrected chi connectivity index (χ3v) is 3.38. The van der Waals surface area contributed by atoms with Crippen LogP contribution in [-0.4, -0.2) is 37.5 Å². The standard InChI is InChI=1S/C14H21N3OS/c1-3-8-16-14(18)11-17(2)10-13-12(5-4-7-15)6-9-19-13/h6,9H,3,7-8,10-11,15H2,1-2H3,(H,16,18). The Morgan fingerprint density at radius 2 is 2.37 bits per heavy atom. The zero-order valence-electron chi connectivity index (χ0n) is 11.5. The molecule has 0 aliphatic rings. The largest absolute Gasteiger partial charge is 0.355 e. The van der Waals surface area contributed by atoms with Gasteiger partial charge >= 0.3 is 0 Å². The van der Waals surface area contributed by atoms with Gasteiger partial charge in [0.2, 0.25) is 5.91 Å². The zero-order valence-corrected chi connectivity index (χ0v) is 12.3. The number of likely N-dealkylation sites (N-methyl/N-ethyl adjacent to an activating group) is 1. The predicted octanol–water partition coefficient (Wildman–Crippen LogP) is 1.02. The normalized spacial score (nSPS) is 10.1. The van der Waals surface area contributed by atoms with Crippen molar-refractivity contribution in [3.63, 3.8) is 0 Å². The monoisotopic (exact) mass is 279 g/mol. The molecule has 1 heterocycles. The molecular formula is C14H21N3OS. The molecular weight excluding hydrogens is 258 g/mol. The number of hydrogen-bond acceptors (Lipinski definition) is 4. The Bertz CT molecular complexity index is 459. The Hall–Kier alpha value is -1.35. The van der Waals surface area contributed by atoms with Crippen LogP contribution in [0.15, 0.2) is 11.4 Å². The second-order valence-corrected chi connectivity index (χ2v) is 5.29. The molecule has 0 aromatic carbocycles. The minimum absolute atomic E-state index is 0.0653. The van der Waals surface area contributed by atoms with Gasteiger partial charge in [-0.15, -0.1) is 11.3 Å². The molecule has 0 aliphatic carbocycles. The molecule has 0 unspecified atom stereocenters. The van der Waals surface area contributed by atoms with Gasteiger partial charge in [-0.25, -0.2) is 0 Å². The second-order valence-electron chi connectivity index (χ2n) is 4.29. The Morgan fingerprint density at radius 1 is 1.58 bits per heavy atom. The highest BCUT2D eigenvalue weighted by atomic mass is 32.1. The van der Waals surface area contributed by atoms with Gasteiger partial charge in [0.25, 0.3) is 0 Å². The Labute approximate surface area is 119 Å². The summed E-state index contributed by atoms with van der Waals surface area (Å²) in [5, 5.41) is 4.88. The molecule has 1 aromatic rings. The fourth-order valence-corrected chi connectivity index (χ4v) is 2.50. The highest BCUT2D eigenvalue weighted by Gasteiger charge is 2.09. The fourth-order valence-electron chi connectivity index (χ4n) is 1.59. The third kappa shape index (κ3) is 5.88. The zero-order chi connectivity index (χ0) is 14.1. The van der Waals surface area contributed by atoms with E-state index in [-0.39, 0.29) is 5.91 Å². The SMILES string of the molecule is CCCNC(=O)CN(C)Cc1sccc1C#CCN. The Balaban J connectivity index is 2.50. The minimum atomic E-state index is 0.0653. The summed E-state index contributed by atoms with van der Waals surface area (Å²) >= 11 is 1.66. The van der Waals surface area contributed by atoms with Crippen molar-refractivity contribution in [3.8, 4) is 11.8 Å². The second kappa shape index (κ2) is 8.70. The van der Waals surface area contributed by atoms with Crippen LogP contribution >= 0.6 is 11.3 Å². The van der Waals surface area contributed by atoms with E-state index in [0.29, 0.717) is 13.1 Å². The molecule has 0 saturated heterocycles. The lowest BCUT2D eigenvalue weighted by molar-refractivity contribution is -0.122. The molecule has 19 heavy (non-hydrogen) atoms. The molecule has 1 amide bonds. The number of nitrogens with two attached hydrogens (primary N) is 1. The average Bonchev–Trinajstić information content (AvgIpc) is 2.81. The maximum Gasteiger partial charge on any atom is 0.234 e. The van der Waals surface area contributed by atoms with Crippen molar-refractivity contribution in [2.45, 2.75) is 19.9 Å².